The predicted octanol–water partition coefficient (Wildman–Crippen LogP) is 6.20. The molecule has 8 heteroatoms. The highest BCUT2D eigenvalue weighted by atomic mass is 16.6. The molecule has 3 aromatic rings. The molecule has 0 atom stereocenters. The average Bonchev–Trinajstić information content (AvgIpc) is 2.98. The standard InChI is InChI=1S/C36H45N3O5/c1-35(2,3)44-34(41)37-22-26-9-8-11-28(17-26)30-18-27(23-43-32-12-7-6-10-29(32)21-33(40)42-5)19-31(20-30)39-15-13-36(14-16-39)24-38(4)25-36/h6-12,17-20H,13-16,21-25H2,1-5H3,(H,37,41). The second-order valence-electron chi connectivity index (χ2n) is 13.3. The van der Waals surface area contributed by atoms with Crippen LogP contribution in [-0.4, -0.2) is 62.9 Å². The van der Waals surface area contributed by atoms with E-state index in [2.05, 4.69) is 52.5 Å². The van der Waals surface area contributed by atoms with Gasteiger partial charge in [-0.25, -0.2) is 4.79 Å². The zero-order valence-corrected chi connectivity index (χ0v) is 26.7. The second kappa shape index (κ2) is 13.3. The SMILES string of the molecule is COC(=O)Cc1ccccc1OCc1cc(-c2cccc(CNC(=O)OC(C)(C)C)c2)cc(N2CCC3(CC2)CN(C)C3)c1. The number of amides is 1. The largest absolute Gasteiger partial charge is 0.489 e. The molecule has 0 saturated carbocycles. The number of piperidine rings is 1. The second-order valence-corrected chi connectivity index (χ2v) is 13.3. The number of benzene rings is 3. The lowest BCUT2D eigenvalue weighted by Gasteiger charge is -2.53. The maximum atomic E-state index is 12.2. The van der Waals surface area contributed by atoms with E-state index in [0.29, 0.717) is 24.3 Å². The van der Waals surface area contributed by atoms with Crippen LogP contribution in [0.2, 0.25) is 0 Å². The molecule has 2 heterocycles. The van der Waals surface area contributed by atoms with Crippen LogP contribution in [0.4, 0.5) is 10.5 Å². The van der Waals surface area contributed by atoms with Crippen molar-refractivity contribution < 1.29 is 23.8 Å². The van der Waals surface area contributed by atoms with E-state index < -0.39 is 11.7 Å². The molecule has 2 fully saturated rings. The molecule has 2 aliphatic heterocycles. The molecule has 1 spiro atoms. The first-order valence-corrected chi connectivity index (χ1v) is 15.4. The molecule has 0 unspecified atom stereocenters. The summed E-state index contributed by atoms with van der Waals surface area (Å²) in [6, 6.07) is 22.5. The number of nitrogens with one attached hydrogen (secondary N) is 1. The van der Waals surface area contributed by atoms with Crippen LogP contribution in [0.5, 0.6) is 5.75 Å². The van der Waals surface area contributed by atoms with Gasteiger partial charge in [0.15, 0.2) is 0 Å². The number of rotatable bonds is 9. The van der Waals surface area contributed by atoms with E-state index in [1.807, 2.05) is 57.2 Å². The smallest absolute Gasteiger partial charge is 0.407 e. The van der Waals surface area contributed by atoms with Gasteiger partial charge in [0.25, 0.3) is 0 Å². The molecule has 2 aliphatic rings. The number of anilines is 1. The van der Waals surface area contributed by atoms with Gasteiger partial charge in [-0.15, -0.1) is 0 Å². The van der Waals surface area contributed by atoms with Gasteiger partial charge in [0.2, 0.25) is 0 Å². The Labute approximate surface area is 261 Å². The third-order valence-corrected chi connectivity index (χ3v) is 8.40. The summed E-state index contributed by atoms with van der Waals surface area (Å²) in [6.07, 6.45) is 2.12. The number of hydrogen-bond acceptors (Lipinski definition) is 7. The summed E-state index contributed by atoms with van der Waals surface area (Å²) < 4.78 is 16.6. The zero-order chi connectivity index (χ0) is 31.3. The minimum atomic E-state index is -0.548. The topological polar surface area (TPSA) is 80.3 Å². The lowest BCUT2D eigenvalue weighted by Crippen LogP contribution is -2.58. The first kappa shape index (κ1) is 31.4. The van der Waals surface area contributed by atoms with Crippen LogP contribution in [0.15, 0.2) is 66.7 Å². The van der Waals surface area contributed by atoms with E-state index in [-0.39, 0.29) is 12.4 Å². The summed E-state index contributed by atoms with van der Waals surface area (Å²) in [5.74, 6) is 0.376. The number of alkyl carbamates (subject to hydrolysis) is 1. The first-order chi connectivity index (χ1) is 21.0. The van der Waals surface area contributed by atoms with Crippen LogP contribution in [-0.2, 0) is 33.8 Å². The Bertz CT molecular complexity index is 1460. The Morgan fingerprint density at radius 3 is 2.34 bits per heavy atom. The monoisotopic (exact) mass is 599 g/mol. The minimum absolute atomic E-state index is 0.160. The molecule has 0 aromatic heterocycles. The fraction of sp³-hybridized carbons (Fsp3) is 0.444. The van der Waals surface area contributed by atoms with Crippen LogP contribution >= 0.6 is 0 Å². The molecular weight excluding hydrogens is 554 g/mol. The molecule has 0 aliphatic carbocycles. The zero-order valence-electron chi connectivity index (χ0n) is 26.7. The van der Waals surface area contributed by atoms with Crippen LogP contribution in [0.1, 0.15) is 50.3 Å². The Morgan fingerprint density at radius 2 is 1.64 bits per heavy atom. The summed E-state index contributed by atoms with van der Waals surface area (Å²) in [7, 11) is 3.60. The van der Waals surface area contributed by atoms with Gasteiger partial charge < -0.3 is 29.3 Å². The number of esters is 1. The summed E-state index contributed by atoms with van der Waals surface area (Å²) in [4.78, 5) is 29.1. The highest BCUT2D eigenvalue weighted by Crippen LogP contribution is 2.41. The van der Waals surface area contributed by atoms with Crippen molar-refractivity contribution in [2.24, 2.45) is 5.41 Å². The van der Waals surface area contributed by atoms with Gasteiger partial charge in [0.05, 0.1) is 13.5 Å². The van der Waals surface area contributed by atoms with Crippen LogP contribution in [0.25, 0.3) is 11.1 Å². The van der Waals surface area contributed by atoms with E-state index in [0.717, 1.165) is 40.9 Å². The Balaban J connectivity index is 1.37. The van der Waals surface area contributed by atoms with Crippen molar-refractivity contribution in [1.29, 1.82) is 0 Å². The van der Waals surface area contributed by atoms with E-state index in [1.54, 1.807) is 0 Å². The van der Waals surface area contributed by atoms with Gasteiger partial charge in [-0.05, 0) is 98.7 Å². The summed E-state index contributed by atoms with van der Waals surface area (Å²) in [5.41, 5.74) is 6.09. The van der Waals surface area contributed by atoms with E-state index in [9.17, 15) is 9.59 Å². The van der Waals surface area contributed by atoms with Gasteiger partial charge in [-0.2, -0.15) is 0 Å². The van der Waals surface area contributed by atoms with Crippen LogP contribution in [0, 0.1) is 5.41 Å². The Kier molecular flexibility index (Phi) is 9.49. The number of likely N-dealkylation sites (tertiary alicyclic amines) is 1. The van der Waals surface area contributed by atoms with Crippen molar-refractivity contribution in [2.75, 3.05) is 45.2 Å². The number of ether oxygens (including phenoxy) is 3. The van der Waals surface area contributed by atoms with E-state index in [1.165, 1.54) is 38.7 Å². The van der Waals surface area contributed by atoms with Gasteiger partial charge in [0, 0.05) is 44.0 Å². The van der Waals surface area contributed by atoms with Gasteiger partial charge >= 0.3 is 12.1 Å². The van der Waals surface area contributed by atoms with E-state index in [4.69, 9.17) is 14.2 Å². The maximum absolute atomic E-state index is 12.2. The third-order valence-electron chi connectivity index (χ3n) is 8.40. The van der Waals surface area contributed by atoms with Crippen molar-refractivity contribution in [2.45, 2.75) is 58.8 Å². The molecule has 5 rings (SSSR count). The number of nitrogens with zero attached hydrogens (tertiary/aromatic N) is 2. The maximum Gasteiger partial charge on any atom is 0.407 e. The summed E-state index contributed by atoms with van der Waals surface area (Å²) in [6.45, 7) is 10.7. The van der Waals surface area contributed by atoms with Crippen molar-refractivity contribution in [3.63, 3.8) is 0 Å². The lowest BCUT2D eigenvalue weighted by molar-refractivity contribution is -0.139. The fourth-order valence-electron chi connectivity index (χ4n) is 6.29. The van der Waals surface area contributed by atoms with Crippen LogP contribution < -0.4 is 15.0 Å². The van der Waals surface area contributed by atoms with Crippen molar-refractivity contribution >= 4 is 17.7 Å². The molecular formula is C36H45N3O5. The van der Waals surface area contributed by atoms with Gasteiger partial charge in [-0.3, -0.25) is 4.79 Å². The number of para-hydroxylation sites is 1. The number of carbonyl (C=O) groups is 2. The normalized spacial score (nSPS) is 16.2. The van der Waals surface area contributed by atoms with E-state index >= 15 is 0 Å². The molecule has 234 valence electrons. The Hall–Kier alpha value is -4.04. The molecule has 1 N–H and O–H groups in total. The fourth-order valence-corrected chi connectivity index (χ4v) is 6.29. The molecule has 44 heavy (non-hydrogen) atoms. The minimum Gasteiger partial charge on any atom is -0.489 e. The molecule has 8 nitrogen and oxygen atoms in total. The lowest BCUT2D eigenvalue weighted by atomic mass is 9.72. The molecule has 0 radical (unpaired) electrons. The highest BCUT2D eigenvalue weighted by Gasteiger charge is 2.43. The molecule has 1 amide bonds. The quantitative estimate of drug-likeness (QED) is 0.293. The predicted molar refractivity (Wildman–Crippen MR) is 173 cm³/mol. The van der Waals surface area contributed by atoms with Gasteiger partial charge in [0.1, 0.15) is 18.0 Å². The number of hydrogen-bond donors (Lipinski definition) is 1. The van der Waals surface area contributed by atoms with Crippen molar-refractivity contribution in [3.05, 3.63) is 83.4 Å². The average molecular weight is 600 g/mol. The third kappa shape index (κ3) is 8.11. The molecule has 0 bridgehead atoms. The van der Waals surface area contributed by atoms with Crippen LogP contribution in [0.3, 0.4) is 0 Å². The van der Waals surface area contributed by atoms with Gasteiger partial charge in [-0.1, -0.05) is 36.4 Å². The van der Waals surface area contributed by atoms with Crippen molar-refractivity contribution in [1.82, 2.24) is 10.2 Å². The molecule has 2 saturated heterocycles. The summed E-state index contributed by atoms with van der Waals surface area (Å²) >= 11 is 0. The van der Waals surface area contributed by atoms with Crippen molar-refractivity contribution in [3.8, 4) is 16.9 Å². The molecule has 3 aromatic carbocycles. The highest BCUT2D eigenvalue weighted by molar-refractivity contribution is 5.73. The number of carbonyl (C=O) groups excluding carboxylic acids is 2. The number of methoxy groups -OCH3 is 1. The Morgan fingerprint density at radius 1 is 0.909 bits per heavy atom. The first-order valence-electron chi connectivity index (χ1n) is 15.4. The summed E-state index contributed by atoms with van der Waals surface area (Å²) in [5, 5.41) is 2.87.